The maximum absolute atomic E-state index is 12.2. The van der Waals surface area contributed by atoms with E-state index < -0.39 is 0 Å². The molecule has 0 saturated carbocycles. The monoisotopic (exact) mass is 351 g/mol. The summed E-state index contributed by atoms with van der Waals surface area (Å²) < 4.78 is 0. The normalized spacial score (nSPS) is 13.5. The van der Waals surface area contributed by atoms with Crippen molar-refractivity contribution in [2.45, 2.75) is 32.7 Å². The molecule has 0 unspecified atom stereocenters. The second kappa shape index (κ2) is 8.52. The Morgan fingerprint density at radius 3 is 2.46 bits per heavy atom. The Hall–Kier alpha value is -2.82. The van der Waals surface area contributed by atoms with Crippen molar-refractivity contribution in [2.75, 3.05) is 18.4 Å². The van der Waals surface area contributed by atoms with E-state index in [2.05, 4.69) is 10.6 Å². The summed E-state index contributed by atoms with van der Waals surface area (Å²) in [5.41, 5.74) is 3.90. The van der Waals surface area contributed by atoms with Gasteiger partial charge >= 0.3 is 6.03 Å². The molecule has 3 amide bonds. The molecule has 0 aromatic heterocycles. The van der Waals surface area contributed by atoms with Crippen molar-refractivity contribution in [2.24, 2.45) is 0 Å². The average Bonchev–Trinajstić information content (AvgIpc) is 3.17. The van der Waals surface area contributed by atoms with Gasteiger partial charge in [-0.3, -0.25) is 4.79 Å². The Bertz CT molecular complexity index is 765. The number of rotatable bonds is 5. The lowest BCUT2D eigenvalue weighted by Gasteiger charge is -2.16. The first-order chi connectivity index (χ1) is 12.6. The molecule has 1 fully saturated rings. The van der Waals surface area contributed by atoms with Gasteiger partial charge in [0.1, 0.15) is 0 Å². The van der Waals surface area contributed by atoms with Crippen LogP contribution in [-0.2, 0) is 17.8 Å². The Labute approximate surface area is 154 Å². The maximum atomic E-state index is 12.2. The highest BCUT2D eigenvalue weighted by molar-refractivity contribution is 5.89. The molecule has 2 aromatic rings. The van der Waals surface area contributed by atoms with E-state index >= 15 is 0 Å². The number of carbonyl (C=O) groups is 2. The highest BCUT2D eigenvalue weighted by Gasteiger charge is 2.17. The van der Waals surface area contributed by atoms with Crippen molar-refractivity contribution >= 4 is 17.6 Å². The highest BCUT2D eigenvalue weighted by Crippen LogP contribution is 2.14. The third-order valence-electron chi connectivity index (χ3n) is 4.55. The number of urea groups is 1. The van der Waals surface area contributed by atoms with Crippen molar-refractivity contribution in [3.8, 4) is 0 Å². The molecular weight excluding hydrogens is 326 g/mol. The molecule has 136 valence electrons. The van der Waals surface area contributed by atoms with Crippen molar-refractivity contribution in [3.05, 3.63) is 65.2 Å². The number of hydrogen-bond donors (Lipinski definition) is 2. The van der Waals surface area contributed by atoms with Crippen LogP contribution >= 0.6 is 0 Å². The number of aryl methyl sites for hydroxylation is 1. The summed E-state index contributed by atoms with van der Waals surface area (Å²) in [6.07, 6.45) is 2.51. The van der Waals surface area contributed by atoms with E-state index in [9.17, 15) is 9.59 Å². The standard InChI is InChI=1S/C21H25N3O2/c1-16-7-9-17(10-8-16)14-20(25)22-15-18-5-4-6-19(13-18)23-21(26)24-11-2-3-12-24/h4-10,13H,2-3,11-12,14-15H2,1H3,(H,22,25)(H,23,26). The topological polar surface area (TPSA) is 61.4 Å². The molecule has 0 bridgehead atoms. The Kier molecular flexibility index (Phi) is 5.89. The number of amides is 3. The van der Waals surface area contributed by atoms with E-state index in [1.54, 1.807) is 0 Å². The van der Waals surface area contributed by atoms with Gasteiger partial charge in [-0.1, -0.05) is 42.0 Å². The van der Waals surface area contributed by atoms with Crippen LogP contribution in [0.4, 0.5) is 10.5 Å². The Morgan fingerprint density at radius 1 is 1.00 bits per heavy atom. The molecule has 1 aliphatic heterocycles. The van der Waals surface area contributed by atoms with Crippen LogP contribution in [0.1, 0.15) is 29.5 Å². The van der Waals surface area contributed by atoms with Crippen molar-refractivity contribution in [1.29, 1.82) is 0 Å². The second-order valence-corrected chi connectivity index (χ2v) is 6.76. The number of nitrogens with one attached hydrogen (secondary N) is 2. The molecule has 0 aliphatic carbocycles. The van der Waals surface area contributed by atoms with Gasteiger partial charge in [-0.05, 0) is 43.0 Å². The van der Waals surface area contributed by atoms with E-state index in [1.165, 1.54) is 5.56 Å². The van der Waals surface area contributed by atoms with Crippen LogP contribution in [0, 0.1) is 6.92 Å². The van der Waals surface area contributed by atoms with E-state index in [-0.39, 0.29) is 11.9 Å². The van der Waals surface area contributed by atoms with Crippen LogP contribution in [0.5, 0.6) is 0 Å². The zero-order valence-electron chi connectivity index (χ0n) is 15.1. The first-order valence-corrected chi connectivity index (χ1v) is 9.07. The largest absolute Gasteiger partial charge is 0.352 e. The fourth-order valence-corrected chi connectivity index (χ4v) is 3.04. The molecule has 2 N–H and O–H groups in total. The van der Waals surface area contributed by atoms with Crippen LogP contribution in [0.15, 0.2) is 48.5 Å². The van der Waals surface area contributed by atoms with Gasteiger partial charge in [0.2, 0.25) is 5.91 Å². The number of hydrogen-bond acceptors (Lipinski definition) is 2. The molecule has 0 spiro atoms. The number of anilines is 1. The van der Waals surface area contributed by atoms with Gasteiger partial charge in [0.25, 0.3) is 0 Å². The number of likely N-dealkylation sites (tertiary alicyclic amines) is 1. The van der Waals surface area contributed by atoms with Crippen LogP contribution in [0.3, 0.4) is 0 Å². The summed E-state index contributed by atoms with van der Waals surface area (Å²) in [5.74, 6) is -0.0136. The van der Waals surface area contributed by atoms with Gasteiger partial charge in [-0.25, -0.2) is 4.79 Å². The van der Waals surface area contributed by atoms with Crippen LogP contribution < -0.4 is 10.6 Å². The predicted octanol–water partition coefficient (Wildman–Crippen LogP) is 3.48. The van der Waals surface area contributed by atoms with Crippen LogP contribution in [-0.4, -0.2) is 29.9 Å². The smallest absolute Gasteiger partial charge is 0.321 e. The van der Waals surface area contributed by atoms with Crippen molar-refractivity contribution in [1.82, 2.24) is 10.2 Å². The molecule has 1 aliphatic rings. The summed E-state index contributed by atoms with van der Waals surface area (Å²) in [5, 5.41) is 5.87. The number of nitrogens with zero attached hydrogens (tertiary/aromatic N) is 1. The molecule has 1 saturated heterocycles. The summed E-state index contributed by atoms with van der Waals surface area (Å²) in [6, 6.07) is 15.5. The lowest BCUT2D eigenvalue weighted by Crippen LogP contribution is -2.32. The molecule has 0 radical (unpaired) electrons. The summed E-state index contributed by atoms with van der Waals surface area (Å²) in [4.78, 5) is 26.1. The van der Waals surface area contributed by atoms with Crippen LogP contribution in [0.2, 0.25) is 0 Å². The summed E-state index contributed by atoms with van der Waals surface area (Å²) >= 11 is 0. The van der Waals surface area contributed by atoms with Gasteiger partial charge < -0.3 is 15.5 Å². The van der Waals surface area contributed by atoms with E-state index in [0.29, 0.717) is 13.0 Å². The first-order valence-electron chi connectivity index (χ1n) is 9.07. The first kappa shape index (κ1) is 18.0. The van der Waals surface area contributed by atoms with E-state index in [1.807, 2.05) is 60.4 Å². The SMILES string of the molecule is Cc1ccc(CC(=O)NCc2cccc(NC(=O)N3CCCC3)c2)cc1. The minimum Gasteiger partial charge on any atom is -0.352 e. The number of carbonyl (C=O) groups excluding carboxylic acids is 2. The summed E-state index contributed by atoms with van der Waals surface area (Å²) in [6.45, 7) is 4.11. The molecule has 5 heteroatoms. The fourth-order valence-electron chi connectivity index (χ4n) is 3.04. The molecule has 2 aromatic carbocycles. The lowest BCUT2D eigenvalue weighted by atomic mass is 10.1. The second-order valence-electron chi connectivity index (χ2n) is 6.76. The lowest BCUT2D eigenvalue weighted by molar-refractivity contribution is -0.120. The van der Waals surface area contributed by atoms with E-state index in [0.717, 1.165) is 42.7 Å². The van der Waals surface area contributed by atoms with E-state index in [4.69, 9.17) is 0 Å². The van der Waals surface area contributed by atoms with Gasteiger partial charge in [-0.2, -0.15) is 0 Å². The summed E-state index contributed by atoms with van der Waals surface area (Å²) in [7, 11) is 0. The fraction of sp³-hybridized carbons (Fsp3) is 0.333. The quantitative estimate of drug-likeness (QED) is 0.866. The molecular formula is C21H25N3O2. The van der Waals surface area contributed by atoms with Crippen LogP contribution in [0.25, 0.3) is 0 Å². The average molecular weight is 351 g/mol. The van der Waals surface area contributed by atoms with Gasteiger partial charge in [-0.15, -0.1) is 0 Å². The molecule has 26 heavy (non-hydrogen) atoms. The number of benzene rings is 2. The molecule has 1 heterocycles. The zero-order chi connectivity index (χ0) is 18.4. The Morgan fingerprint density at radius 2 is 1.73 bits per heavy atom. The molecule has 5 nitrogen and oxygen atoms in total. The highest BCUT2D eigenvalue weighted by atomic mass is 16.2. The minimum absolute atomic E-state index is 0.0136. The minimum atomic E-state index is -0.0527. The van der Waals surface area contributed by atoms with Crippen molar-refractivity contribution < 1.29 is 9.59 Å². The van der Waals surface area contributed by atoms with Gasteiger partial charge in [0.15, 0.2) is 0 Å². The van der Waals surface area contributed by atoms with Gasteiger partial charge in [0, 0.05) is 25.3 Å². The Balaban J connectivity index is 1.50. The molecule has 3 rings (SSSR count). The van der Waals surface area contributed by atoms with Crippen molar-refractivity contribution in [3.63, 3.8) is 0 Å². The third kappa shape index (κ3) is 5.09. The van der Waals surface area contributed by atoms with Gasteiger partial charge in [0.05, 0.1) is 6.42 Å². The predicted molar refractivity (Wildman–Crippen MR) is 103 cm³/mol. The zero-order valence-corrected chi connectivity index (χ0v) is 15.1. The third-order valence-corrected chi connectivity index (χ3v) is 4.55. The maximum Gasteiger partial charge on any atom is 0.321 e. The molecule has 0 atom stereocenters.